The van der Waals surface area contributed by atoms with Gasteiger partial charge in [0, 0.05) is 11.1 Å². The van der Waals surface area contributed by atoms with E-state index in [2.05, 4.69) is 11.1 Å². The molecule has 0 aliphatic heterocycles. The van der Waals surface area contributed by atoms with E-state index >= 15 is 0 Å². The third-order valence-corrected chi connectivity index (χ3v) is 3.80. The number of rotatable bonds is 1. The molecule has 0 radical (unpaired) electrons. The predicted molar refractivity (Wildman–Crippen MR) is 72.9 cm³/mol. The fourth-order valence-electron chi connectivity index (χ4n) is 1.99. The molecule has 0 saturated carbocycles. The number of allylic oxidation sites excluding steroid dienone is 1. The Balaban J connectivity index is 2.91. The third kappa shape index (κ3) is 1.69. The minimum atomic E-state index is 0.549. The first-order valence-corrected chi connectivity index (χ1v) is 6.13. The van der Waals surface area contributed by atoms with E-state index in [1.807, 2.05) is 32.9 Å². The van der Waals surface area contributed by atoms with Gasteiger partial charge >= 0.3 is 0 Å². The van der Waals surface area contributed by atoms with Gasteiger partial charge in [-0.2, -0.15) is 5.26 Å². The molecular weight excluding hydrogens is 230 g/mol. The van der Waals surface area contributed by atoms with Crippen molar-refractivity contribution in [3.05, 3.63) is 27.8 Å². The molecular formula is C13H13N3S. The van der Waals surface area contributed by atoms with Crippen LogP contribution in [0.3, 0.4) is 0 Å². The highest BCUT2D eigenvalue weighted by Crippen LogP contribution is 2.36. The van der Waals surface area contributed by atoms with Crippen molar-refractivity contribution < 1.29 is 0 Å². The summed E-state index contributed by atoms with van der Waals surface area (Å²) in [5, 5.41) is 9.91. The molecule has 0 fully saturated rings. The number of aryl methyl sites for hydroxylation is 2. The van der Waals surface area contributed by atoms with Crippen molar-refractivity contribution in [1.82, 2.24) is 4.98 Å². The Labute approximate surface area is 104 Å². The van der Waals surface area contributed by atoms with E-state index in [1.165, 1.54) is 11.3 Å². The second-order valence-electron chi connectivity index (χ2n) is 3.87. The van der Waals surface area contributed by atoms with Crippen LogP contribution in [0.25, 0.3) is 16.3 Å². The van der Waals surface area contributed by atoms with Crippen molar-refractivity contribution in [3.63, 3.8) is 0 Å². The predicted octanol–water partition coefficient (Wildman–Crippen LogP) is 3.40. The monoisotopic (exact) mass is 243 g/mol. The van der Waals surface area contributed by atoms with Crippen LogP contribution in [0.4, 0.5) is 5.69 Å². The zero-order valence-corrected chi connectivity index (χ0v) is 10.9. The molecule has 2 aromatic heterocycles. The number of thiophene rings is 1. The molecule has 2 rings (SSSR count). The first-order valence-electron chi connectivity index (χ1n) is 5.32. The van der Waals surface area contributed by atoms with Crippen LogP contribution in [0, 0.1) is 25.2 Å². The Bertz CT molecular complexity index is 660. The molecule has 0 aliphatic rings. The van der Waals surface area contributed by atoms with Gasteiger partial charge in [-0.3, -0.25) is 0 Å². The summed E-state index contributed by atoms with van der Waals surface area (Å²) in [5.74, 6) is 0. The molecule has 2 aromatic rings. The van der Waals surface area contributed by atoms with Crippen LogP contribution in [0.1, 0.15) is 28.6 Å². The van der Waals surface area contributed by atoms with Crippen LogP contribution in [-0.4, -0.2) is 4.98 Å². The van der Waals surface area contributed by atoms with E-state index < -0.39 is 0 Å². The number of anilines is 1. The molecule has 0 saturated heterocycles. The molecule has 0 atom stereocenters. The first kappa shape index (κ1) is 11.6. The minimum Gasteiger partial charge on any atom is -0.396 e. The molecule has 17 heavy (non-hydrogen) atoms. The average molecular weight is 243 g/mol. The maximum absolute atomic E-state index is 8.99. The molecule has 0 unspecified atom stereocenters. The maximum Gasteiger partial charge on any atom is 0.130 e. The van der Waals surface area contributed by atoms with Crippen molar-refractivity contribution in [2.24, 2.45) is 0 Å². The highest BCUT2D eigenvalue weighted by molar-refractivity contribution is 7.19. The molecule has 86 valence electrons. The lowest BCUT2D eigenvalue weighted by atomic mass is 10.0. The van der Waals surface area contributed by atoms with E-state index in [9.17, 15) is 0 Å². The number of pyridine rings is 1. The summed E-state index contributed by atoms with van der Waals surface area (Å²) < 4.78 is 0. The fraction of sp³-hybridized carbons (Fsp3) is 0.231. The van der Waals surface area contributed by atoms with Gasteiger partial charge in [-0.15, -0.1) is 11.3 Å². The SMILES string of the molecule is CC=Cc1c(C)nc2sc(C#N)c(N)c2c1C. The van der Waals surface area contributed by atoms with Gasteiger partial charge in [-0.25, -0.2) is 4.98 Å². The molecule has 2 heterocycles. The molecule has 2 N–H and O–H groups in total. The summed E-state index contributed by atoms with van der Waals surface area (Å²) in [6.07, 6.45) is 4.01. The Morgan fingerprint density at radius 1 is 1.41 bits per heavy atom. The Morgan fingerprint density at radius 2 is 2.12 bits per heavy atom. The number of nitrogens with two attached hydrogens (primary N) is 1. The number of hydrogen-bond acceptors (Lipinski definition) is 4. The van der Waals surface area contributed by atoms with E-state index in [1.54, 1.807) is 0 Å². The van der Waals surface area contributed by atoms with Crippen molar-refractivity contribution in [2.75, 3.05) is 5.73 Å². The van der Waals surface area contributed by atoms with Crippen LogP contribution in [0.15, 0.2) is 6.08 Å². The zero-order valence-electron chi connectivity index (χ0n) is 10.0. The second-order valence-corrected chi connectivity index (χ2v) is 4.87. The van der Waals surface area contributed by atoms with Crippen LogP contribution >= 0.6 is 11.3 Å². The van der Waals surface area contributed by atoms with Crippen LogP contribution in [0.5, 0.6) is 0 Å². The summed E-state index contributed by atoms with van der Waals surface area (Å²) in [6.45, 7) is 5.97. The minimum absolute atomic E-state index is 0.549. The fourth-order valence-corrected chi connectivity index (χ4v) is 2.99. The topological polar surface area (TPSA) is 62.7 Å². The van der Waals surface area contributed by atoms with Gasteiger partial charge in [0.1, 0.15) is 15.8 Å². The van der Waals surface area contributed by atoms with Crippen LogP contribution in [0.2, 0.25) is 0 Å². The molecule has 0 spiro atoms. The van der Waals surface area contributed by atoms with Crippen molar-refractivity contribution in [2.45, 2.75) is 20.8 Å². The highest BCUT2D eigenvalue weighted by Gasteiger charge is 2.15. The van der Waals surface area contributed by atoms with Gasteiger partial charge in [-0.05, 0) is 31.9 Å². The Hall–Kier alpha value is -1.86. The summed E-state index contributed by atoms with van der Waals surface area (Å²) in [6, 6.07) is 2.12. The second kappa shape index (κ2) is 4.19. The average Bonchev–Trinajstić information content (AvgIpc) is 2.61. The number of fused-ring (bicyclic) bond motifs is 1. The first-order chi connectivity index (χ1) is 8.10. The van der Waals surface area contributed by atoms with E-state index in [0.29, 0.717) is 10.6 Å². The van der Waals surface area contributed by atoms with Crippen molar-refractivity contribution in [3.8, 4) is 6.07 Å². The Morgan fingerprint density at radius 3 is 2.71 bits per heavy atom. The van der Waals surface area contributed by atoms with E-state index in [-0.39, 0.29) is 0 Å². The smallest absolute Gasteiger partial charge is 0.130 e. The lowest BCUT2D eigenvalue weighted by Crippen LogP contribution is -1.94. The quantitative estimate of drug-likeness (QED) is 0.835. The standard InChI is InChI=1S/C13H13N3S/c1-4-5-9-7(2)11-12(15)10(6-14)17-13(11)16-8(9)3/h4-5H,15H2,1-3H3. The molecule has 3 nitrogen and oxygen atoms in total. The molecule has 0 bridgehead atoms. The van der Waals surface area contributed by atoms with E-state index in [0.717, 1.165) is 27.0 Å². The lowest BCUT2D eigenvalue weighted by Gasteiger charge is -2.06. The van der Waals surface area contributed by atoms with E-state index in [4.69, 9.17) is 11.0 Å². The number of nitrogen functional groups attached to an aromatic ring is 1. The number of nitriles is 1. The number of nitrogens with zero attached hydrogens (tertiary/aromatic N) is 2. The zero-order chi connectivity index (χ0) is 12.6. The molecule has 4 heteroatoms. The normalized spacial score (nSPS) is 11.2. The number of hydrogen-bond donors (Lipinski definition) is 1. The molecule has 0 aliphatic carbocycles. The molecule has 0 amide bonds. The number of aromatic nitrogens is 1. The largest absolute Gasteiger partial charge is 0.396 e. The molecule has 0 aromatic carbocycles. The van der Waals surface area contributed by atoms with Crippen molar-refractivity contribution in [1.29, 1.82) is 5.26 Å². The van der Waals surface area contributed by atoms with Gasteiger partial charge in [0.2, 0.25) is 0 Å². The Kier molecular flexibility index (Phi) is 2.86. The van der Waals surface area contributed by atoms with Gasteiger partial charge in [0.05, 0.1) is 5.69 Å². The van der Waals surface area contributed by atoms with Crippen molar-refractivity contribution >= 4 is 33.3 Å². The summed E-state index contributed by atoms with van der Waals surface area (Å²) in [4.78, 5) is 5.92. The highest BCUT2D eigenvalue weighted by atomic mass is 32.1. The van der Waals surface area contributed by atoms with Gasteiger partial charge in [0.15, 0.2) is 0 Å². The lowest BCUT2D eigenvalue weighted by molar-refractivity contribution is 1.23. The van der Waals surface area contributed by atoms with Gasteiger partial charge < -0.3 is 5.73 Å². The van der Waals surface area contributed by atoms with Crippen LogP contribution < -0.4 is 5.73 Å². The summed E-state index contributed by atoms with van der Waals surface area (Å²) in [5.41, 5.74) is 9.71. The van der Waals surface area contributed by atoms with Gasteiger partial charge in [0.25, 0.3) is 0 Å². The third-order valence-electron chi connectivity index (χ3n) is 2.80. The summed E-state index contributed by atoms with van der Waals surface area (Å²) in [7, 11) is 0. The maximum atomic E-state index is 8.99. The summed E-state index contributed by atoms with van der Waals surface area (Å²) >= 11 is 1.36. The van der Waals surface area contributed by atoms with Crippen LogP contribution in [-0.2, 0) is 0 Å². The van der Waals surface area contributed by atoms with Gasteiger partial charge in [-0.1, -0.05) is 12.2 Å².